The third-order valence-corrected chi connectivity index (χ3v) is 12.1. The third-order valence-electron chi connectivity index (χ3n) is 7.93. The fraction of sp³-hybridized carbons (Fsp3) is 1.00. The van der Waals surface area contributed by atoms with Gasteiger partial charge in [0.05, 0.1) is 0 Å². The van der Waals surface area contributed by atoms with Crippen molar-refractivity contribution >= 4 is 15.7 Å². The normalized spacial score (nSPS) is 24.6. The predicted molar refractivity (Wildman–Crippen MR) is 133 cm³/mol. The Hall–Kier alpha value is 0.280. The Bertz CT molecular complexity index is 547. The molecule has 0 aromatic carbocycles. The van der Waals surface area contributed by atoms with Gasteiger partial charge in [-0.25, -0.2) is 0 Å². The fourth-order valence-electron chi connectivity index (χ4n) is 6.19. The van der Waals surface area contributed by atoms with E-state index in [4.69, 9.17) is 0 Å². The van der Waals surface area contributed by atoms with Gasteiger partial charge in [-0.3, -0.25) is 0 Å². The van der Waals surface area contributed by atoms with E-state index in [1.807, 2.05) is 0 Å². The van der Waals surface area contributed by atoms with Crippen molar-refractivity contribution in [2.24, 2.45) is 0 Å². The topological polar surface area (TPSA) is 21.8 Å². The fourth-order valence-corrected chi connectivity index (χ4v) is 10.5. The summed E-state index contributed by atoms with van der Waals surface area (Å²) in [6, 6.07) is 2.24. The van der Waals surface area contributed by atoms with Gasteiger partial charge >= 0.3 is 40.9 Å². The van der Waals surface area contributed by atoms with Gasteiger partial charge in [-0.15, -0.1) is 19.1 Å². The van der Waals surface area contributed by atoms with Crippen molar-refractivity contribution in [2.45, 2.75) is 114 Å². The maximum atomic E-state index is 9.87. The molecule has 0 spiro atoms. The second kappa shape index (κ2) is 11.3. The number of rotatable bonds is 7. The molecule has 0 radical (unpaired) electrons. The number of nitrogens with zero attached hydrogens (tertiary/aromatic N) is 3. The molecule has 3 aliphatic rings. The van der Waals surface area contributed by atoms with Gasteiger partial charge in [0.2, 0.25) is 0 Å². The zero-order chi connectivity index (χ0) is 25.7. The van der Waals surface area contributed by atoms with Gasteiger partial charge in [0.1, 0.15) is 0 Å². The minimum atomic E-state index is -10.7. The zero-order valence-electron chi connectivity index (χ0n) is 21.3. The first-order valence-corrected chi connectivity index (χ1v) is 16.6. The van der Waals surface area contributed by atoms with Crippen molar-refractivity contribution in [3.8, 4) is 0 Å². The molecule has 3 fully saturated rings. The minimum absolute atomic E-state index is 0.747. The van der Waals surface area contributed by atoms with Crippen molar-refractivity contribution in [3.63, 3.8) is 0 Å². The Kier molecular flexibility index (Phi) is 10.2. The molecule has 3 rings (SSSR count). The van der Waals surface area contributed by atoms with E-state index in [1.54, 1.807) is 0 Å². The van der Waals surface area contributed by atoms with E-state index < -0.39 is 15.7 Å². The molecule has 12 heteroatoms. The first-order chi connectivity index (χ1) is 15.6. The summed E-state index contributed by atoms with van der Waals surface area (Å²) in [4.78, 5) is 0. The van der Waals surface area contributed by atoms with Gasteiger partial charge in [-0.2, -0.15) is 0 Å². The van der Waals surface area contributed by atoms with E-state index in [0.717, 1.165) is 18.1 Å². The SMILES string of the molecule is CN[P+](N(C)C1CCCCC1)(N(C)C1CCCCC1)N(C)C1CCCCC1.F[P-](F)(F)(F)(F)F. The monoisotopic (exact) mass is 542 g/mol. The van der Waals surface area contributed by atoms with E-state index in [0.29, 0.717) is 0 Å². The summed E-state index contributed by atoms with van der Waals surface area (Å²) in [6.45, 7) is 0. The molecule has 0 amide bonds. The van der Waals surface area contributed by atoms with E-state index in [2.05, 4.69) is 47.3 Å². The first-order valence-electron chi connectivity index (χ1n) is 12.9. The summed E-state index contributed by atoms with van der Waals surface area (Å²) in [6.07, 6.45) is 21.1. The molecule has 3 aliphatic carbocycles. The molecule has 1 N–H and O–H groups in total. The van der Waals surface area contributed by atoms with Crippen molar-refractivity contribution < 1.29 is 25.2 Å². The van der Waals surface area contributed by atoms with Gasteiger partial charge in [-0.05, 0) is 38.5 Å². The molecule has 0 aliphatic heterocycles. The van der Waals surface area contributed by atoms with Gasteiger partial charge in [0.15, 0.2) is 0 Å². The van der Waals surface area contributed by atoms with Crippen LogP contribution in [0.15, 0.2) is 0 Å². The zero-order valence-corrected chi connectivity index (χ0v) is 23.1. The van der Waals surface area contributed by atoms with Crippen LogP contribution in [0.5, 0.6) is 0 Å². The Morgan fingerprint density at radius 1 is 0.529 bits per heavy atom. The molecule has 0 aromatic heterocycles. The number of halogens is 6. The Morgan fingerprint density at radius 2 is 0.735 bits per heavy atom. The second-order valence-electron chi connectivity index (χ2n) is 10.3. The van der Waals surface area contributed by atoms with Gasteiger partial charge in [-0.1, -0.05) is 57.8 Å². The van der Waals surface area contributed by atoms with E-state index in [1.165, 1.54) is 96.3 Å². The molecule has 0 aromatic rings. The van der Waals surface area contributed by atoms with Crippen LogP contribution in [0, 0.1) is 0 Å². The molecule has 34 heavy (non-hydrogen) atoms. The average molecular weight is 543 g/mol. The molecular formula is C22H46F6N4P2. The predicted octanol–water partition coefficient (Wildman–Crippen LogP) is 9.06. The quantitative estimate of drug-likeness (QED) is 0.256. The van der Waals surface area contributed by atoms with Crippen LogP contribution in [0.3, 0.4) is 0 Å². The molecule has 0 heterocycles. The van der Waals surface area contributed by atoms with Crippen LogP contribution in [0.25, 0.3) is 0 Å². The van der Waals surface area contributed by atoms with Crippen molar-refractivity contribution in [1.82, 2.24) is 19.1 Å². The summed E-state index contributed by atoms with van der Waals surface area (Å²) in [7, 11) is -2.74. The summed E-state index contributed by atoms with van der Waals surface area (Å²) in [5, 5.41) is 4.00. The molecule has 4 nitrogen and oxygen atoms in total. The molecule has 3 saturated carbocycles. The van der Waals surface area contributed by atoms with Gasteiger partial charge in [0, 0.05) is 46.3 Å². The molecule has 0 atom stereocenters. The number of hydrogen-bond acceptors (Lipinski definition) is 4. The van der Waals surface area contributed by atoms with Gasteiger partial charge < -0.3 is 0 Å². The van der Waals surface area contributed by atoms with Crippen LogP contribution in [0.1, 0.15) is 96.3 Å². The van der Waals surface area contributed by atoms with E-state index >= 15 is 0 Å². The Labute approximate surface area is 203 Å². The molecule has 0 unspecified atom stereocenters. The van der Waals surface area contributed by atoms with Crippen LogP contribution in [-0.2, 0) is 0 Å². The number of nitrogens with one attached hydrogen (secondary N) is 1. The molecule has 0 bridgehead atoms. The third kappa shape index (κ3) is 9.63. The summed E-state index contributed by atoms with van der Waals surface area (Å²) < 4.78 is 67.7. The maximum absolute atomic E-state index is 10.7. The Morgan fingerprint density at radius 3 is 0.912 bits per heavy atom. The van der Waals surface area contributed by atoms with Crippen LogP contribution in [-0.4, -0.2) is 60.3 Å². The van der Waals surface area contributed by atoms with Crippen LogP contribution in [0.2, 0.25) is 0 Å². The molecular weight excluding hydrogens is 496 g/mol. The first kappa shape index (κ1) is 30.5. The summed E-state index contributed by atoms with van der Waals surface area (Å²) >= 11 is 0. The van der Waals surface area contributed by atoms with Gasteiger partial charge in [0.25, 0.3) is 0 Å². The van der Waals surface area contributed by atoms with E-state index in [-0.39, 0.29) is 0 Å². The average Bonchev–Trinajstić information content (AvgIpc) is 2.79. The van der Waals surface area contributed by atoms with E-state index in [9.17, 15) is 25.2 Å². The standard InChI is InChI=1S/C22H46N4P.F6P/c1-23-27(24(2)20-14-8-5-9-15-20,25(3)21-16-10-6-11-17-21)26(4)22-18-12-7-13-19-22;1-7(2,3,4,5)6/h20-23H,5-19H2,1-4H3;/q+1;-1. The van der Waals surface area contributed by atoms with Crippen molar-refractivity contribution in [2.75, 3.05) is 28.2 Å². The van der Waals surface area contributed by atoms with Crippen molar-refractivity contribution in [1.29, 1.82) is 0 Å². The summed E-state index contributed by atoms with van der Waals surface area (Å²) in [5.74, 6) is 0. The van der Waals surface area contributed by atoms with Crippen LogP contribution >= 0.6 is 15.7 Å². The second-order valence-corrected chi connectivity index (χ2v) is 15.7. The van der Waals surface area contributed by atoms with Crippen molar-refractivity contribution in [3.05, 3.63) is 0 Å². The molecule has 206 valence electrons. The van der Waals surface area contributed by atoms with Crippen LogP contribution in [0.4, 0.5) is 25.2 Å². The number of hydrogen-bond donors (Lipinski definition) is 1. The molecule has 0 saturated heterocycles. The Balaban J connectivity index is 0.000000509. The summed E-state index contributed by atoms with van der Waals surface area (Å²) in [5.41, 5.74) is 0. The van der Waals surface area contributed by atoms with Crippen LogP contribution < -0.4 is 5.09 Å².